The smallest absolute Gasteiger partial charge is 0.136 e. The number of hydrogen-bond donors (Lipinski definition) is 0. The first-order valence-electron chi connectivity index (χ1n) is 6.65. The molecule has 0 amide bonds. The molecule has 1 aliphatic heterocycles. The van der Waals surface area contributed by atoms with Crippen molar-refractivity contribution in [2.75, 3.05) is 45.2 Å². The zero-order valence-corrected chi connectivity index (χ0v) is 11.5. The largest absolute Gasteiger partial charge is 0.496 e. The van der Waals surface area contributed by atoms with Crippen molar-refractivity contribution < 1.29 is 4.74 Å². The summed E-state index contributed by atoms with van der Waals surface area (Å²) in [7, 11) is 3.88. The van der Waals surface area contributed by atoms with E-state index in [0.717, 1.165) is 43.1 Å². The molecule has 2 heterocycles. The van der Waals surface area contributed by atoms with Crippen molar-refractivity contribution in [2.45, 2.75) is 0 Å². The average Bonchev–Trinajstić information content (AvgIpc) is 2.47. The number of piperazine rings is 1. The number of benzene rings is 1. The number of methoxy groups -OCH3 is 1. The van der Waals surface area contributed by atoms with E-state index in [1.807, 2.05) is 24.4 Å². The number of aromatic nitrogens is 1. The van der Waals surface area contributed by atoms with Gasteiger partial charge >= 0.3 is 0 Å². The van der Waals surface area contributed by atoms with E-state index < -0.39 is 0 Å². The van der Waals surface area contributed by atoms with Gasteiger partial charge in [0, 0.05) is 43.1 Å². The number of pyridine rings is 1. The molecule has 0 bridgehead atoms. The maximum Gasteiger partial charge on any atom is 0.136 e. The van der Waals surface area contributed by atoms with Gasteiger partial charge in [0.15, 0.2) is 0 Å². The minimum atomic E-state index is 0.912. The fourth-order valence-electron chi connectivity index (χ4n) is 2.61. The maximum absolute atomic E-state index is 5.43. The zero-order valence-electron chi connectivity index (χ0n) is 11.5. The van der Waals surface area contributed by atoms with E-state index >= 15 is 0 Å². The van der Waals surface area contributed by atoms with E-state index in [4.69, 9.17) is 4.74 Å². The lowest BCUT2D eigenvalue weighted by atomic mass is 10.1. The zero-order chi connectivity index (χ0) is 13.2. The van der Waals surface area contributed by atoms with Gasteiger partial charge in [0.25, 0.3) is 0 Å². The third-order valence-electron chi connectivity index (χ3n) is 3.77. The first-order chi connectivity index (χ1) is 9.29. The molecule has 0 atom stereocenters. The van der Waals surface area contributed by atoms with Crippen LogP contribution in [0.15, 0.2) is 30.5 Å². The van der Waals surface area contributed by atoms with Crippen LogP contribution >= 0.6 is 0 Å². The monoisotopic (exact) mass is 257 g/mol. The summed E-state index contributed by atoms with van der Waals surface area (Å²) in [5, 5.41) is 2.31. The standard InChI is InChI=1S/C15H19N3O/c1-17-8-10-18(11-9-17)15-13-4-3-5-14(19-2)12(13)6-7-16-15/h3-7H,8-11H2,1-2H3. The summed E-state index contributed by atoms with van der Waals surface area (Å²) in [6.45, 7) is 4.23. The van der Waals surface area contributed by atoms with Crippen molar-refractivity contribution in [1.29, 1.82) is 0 Å². The van der Waals surface area contributed by atoms with Crippen LogP contribution in [-0.2, 0) is 0 Å². The molecule has 0 unspecified atom stereocenters. The van der Waals surface area contributed by atoms with Gasteiger partial charge in [-0.05, 0) is 19.2 Å². The van der Waals surface area contributed by atoms with E-state index in [2.05, 4.69) is 27.9 Å². The summed E-state index contributed by atoms with van der Waals surface area (Å²) in [5.41, 5.74) is 0. The molecule has 1 saturated heterocycles. The van der Waals surface area contributed by atoms with Crippen LogP contribution < -0.4 is 9.64 Å². The second-order valence-corrected chi connectivity index (χ2v) is 4.98. The topological polar surface area (TPSA) is 28.6 Å². The predicted octanol–water partition coefficient (Wildman–Crippen LogP) is 2.00. The van der Waals surface area contributed by atoms with Crippen molar-refractivity contribution in [3.05, 3.63) is 30.5 Å². The Morgan fingerprint density at radius 2 is 1.84 bits per heavy atom. The van der Waals surface area contributed by atoms with Gasteiger partial charge in [-0.15, -0.1) is 0 Å². The Kier molecular flexibility index (Phi) is 3.25. The molecular weight excluding hydrogens is 238 g/mol. The lowest BCUT2D eigenvalue weighted by Crippen LogP contribution is -2.44. The lowest BCUT2D eigenvalue weighted by molar-refractivity contribution is 0.312. The minimum Gasteiger partial charge on any atom is -0.496 e. The summed E-state index contributed by atoms with van der Waals surface area (Å²) in [5.74, 6) is 1.99. The highest BCUT2D eigenvalue weighted by Crippen LogP contribution is 2.31. The highest BCUT2D eigenvalue weighted by atomic mass is 16.5. The van der Waals surface area contributed by atoms with Gasteiger partial charge in [-0.2, -0.15) is 0 Å². The van der Waals surface area contributed by atoms with Gasteiger partial charge in [-0.25, -0.2) is 4.98 Å². The fraction of sp³-hybridized carbons (Fsp3) is 0.400. The lowest BCUT2D eigenvalue weighted by Gasteiger charge is -2.33. The molecule has 2 aromatic rings. The molecule has 3 rings (SSSR count). The Morgan fingerprint density at radius 3 is 2.58 bits per heavy atom. The van der Waals surface area contributed by atoms with Crippen LogP contribution in [0.25, 0.3) is 10.8 Å². The number of ether oxygens (including phenoxy) is 1. The number of nitrogens with zero attached hydrogens (tertiary/aromatic N) is 3. The summed E-state index contributed by atoms with van der Waals surface area (Å²) in [4.78, 5) is 9.30. The molecule has 0 saturated carbocycles. The van der Waals surface area contributed by atoms with Gasteiger partial charge in [0.05, 0.1) is 7.11 Å². The molecular formula is C15H19N3O. The van der Waals surface area contributed by atoms with E-state index in [9.17, 15) is 0 Å². The molecule has 0 radical (unpaired) electrons. The van der Waals surface area contributed by atoms with E-state index in [0.29, 0.717) is 0 Å². The highest BCUT2D eigenvalue weighted by Gasteiger charge is 2.17. The predicted molar refractivity (Wildman–Crippen MR) is 78.0 cm³/mol. The van der Waals surface area contributed by atoms with Crippen molar-refractivity contribution in [3.63, 3.8) is 0 Å². The van der Waals surface area contributed by atoms with Crippen LogP contribution in [0, 0.1) is 0 Å². The van der Waals surface area contributed by atoms with E-state index in [1.165, 1.54) is 5.39 Å². The summed E-state index contributed by atoms with van der Waals surface area (Å²) in [6.07, 6.45) is 1.87. The molecule has 19 heavy (non-hydrogen) atoms. The Labute approximate surface area is 113 Å². The number of fused-ring (bicyclic) bond motifs is 1. The van der Waals surface area contributed by atoms with Crippen molar-refractivity contribution in [2.24, 2.45) is 0 Å². The first kappa shape index (κ1) is 12.2. The molecule has 0 N–H and O–H groups in total. The van der Waals surface area contributed by atoms with Crippen LogP contribution in [0.5, 0.6) is 5.75 Å². The Balaban J connectivity index is 2.04. The number of likely N-dealkylation sites (N-methyl/N-ethyl adjacent to an activating group) is 1. The third kappa shape index (κ3) is 2.24. The van der Waals surface area contributed by atoms with Crippen LogP contribution in [0.1, 0.15) is 0 Å². The second kappa shape index (κ2) is 5.05. The van der Waals surface area contributed by atoms with E-state index in [1.54, 1.807) is 7.11 Å². The third-order valence-corrected chi connectivity index (χ3v) is 3.77. The number of rotatable bonds is 2. The number of anilines is 1. The minimum absolute atomic E-state index is 0.912. The molecule has 1 aromatic heterocycles. The van der Waals surface area contributed by atoms with Gasteiger partial charge < -0.3 is 14.5 Å². The van der Waals surface area contributed by atoms with Crippen LogP contribution in [-0.4, -0.2) is 50.2 Å². The highest BCUT2D eigenvalue weighted by molar-refractivity contribution is 5.96. The Bertz CT molecular complexity index is 577. The van der Waals surface area contributed by atoms with Gasteiger partial charge in [-0.3, -0.25) is 0 Å². The molecule has 4 heteroatoms. The van der Waals surface area contributed by atoms with Crippen LogP contribution in [0.2, 0.25) is 0 Å². The molecule has 1 fully saturated rings. The van der Waals surface area contributed by atoms with Gasteiger partial charge in [0.2, 0.25) is 0 Å². The Morgan fingerprint density at radius 1 is 1.05 bits per heavy atom. The average molecular weight is 257 g/mol. The first-order valence-corrected chi connectivity index (χ1v) is 6.65. The molecule has 1 aromatic carbocycles. The van der Waals surface area contributed by atoms with E-state index in [-0.39, 0.29) is 0 Å². The Hall–Kier alpha value is -1.81. The van der Waals surface area contributed by atoms with Crippen molar-refractivity contribution in [3.8, 4) is 5.75 Å². The molecule has 0 aliphatic carbocycles. The summed E-state index contributed by atoms with van der Waals surface area (Å²) >= 11 is 0. The van der Waals surface area contributed by atoms with Crippen LogP contribution in [0.3, 0.4) is 0 Å². The quantitative estimate of drug-likeness (QED) is 0.822. The molecule has 100 valence electrons. The van der Waals surface area contributed by atoms with Crippen molar-refractivity contribution >= 4 is 16.6 Å². The molecule has 0 spiro atoms. The maximum atomic E-state index is 5.43. The van der Waals surface area contributed by atoms with Crippen LogP contribution in [0.4, 0.5) is 5.82 Å². The van der Waals surface area contributed by atoms with Gasteiger partial charge in [0.1, 0.15) is 11.6 Å². The summed E-state index contributed by atoms with van der Waals surface area (Å²) < 4.78 is 5.43. The molecule has 1 aliphatic rings. The SMILES string of the molecule is COc1cccc2c(N3CCN(C)CC3)nccc12. The van der Waals surface area contributed by atoms with Gasteiger partial charge in [-0.1, -0.05) is 12.1 Å². The van der Waals surface area contributed by atoms with Crippen molar-refractivity contribution in [1.82, 2.24) is 9.88 Å². The fourth-order valence-corrected chi connectivity index (χ4v) is 2.61. The molecule has 4 nitrogen and oxygen atoms in total. The number of hydrogen-bond acceptors (Lipinski definition) is 4. The normalized spacial score (nSPS) is 16.8. The second-order valence-electron chi connectivity index (χ2n) is 4.98. The summed E-state index contributed by atoms with van der Waals surface area (Å²) in [6, 6.07) is 8.17.